The predicted octanol–water partition coefficient (Wildman–Crippen LogP) is 0.684. The van der Waals surface area contributed by atoms with Crippen LogP contribution in [0, 0.1) is 5.92 Å². The van der Waals surface area contributed by atoms with Gasteiger partial charge in [0, 0.05) is 27.2 Å². The number of likely N-dealkylation sites (N-methyl/N-ethyl adjacent to an activating group) is 1. The van der Waals surface area contributed by atoms with Crippen LogP contribution in [0.2, 0.25) is 0 Å². The molecule has 76 valence electrons. The summed E-state index contributed by atoms with van der Waals surface area (Å²) >= 11 is 0. The Bertz CT molecular complexity index is 169. The average Bonchev–Trinajstić information content (AvgIpc) is 2.94. The van der Waals surface area contributed by atoms with Gasteiger partial charge in [-0.15, -0.1) is 0 Å². The van der Waals surface area contributed by atoms with Crippen LogP contribution in [-0.2, 0) is 4.74 Å². The molecular formula is C9H18N2O2. The van der Waals surface area contributed by atoms with E-state index in [1.165, 1.54) is 12.8 Å². The second kappa shape index (κ2) is 5.07. The second-order valence-corrected chi connectivity index (χ2v) is 3.49. The molecule has 0 aliphatic heterocycles. The zero-order valence-electron chi connectivity index (χ0n) is 8.38. The summed E-state index contributed by atoms with van der Waals surface area (Å²) < 4.78 is 5.40. The first-order valence-corrected chi connectivity index (χ1v) is 4.74. The first-order chi connectivity index (χ1) is 6.24. The summed E-state index contributed by atoms with van der Waals surface area (Å²) in [6.07, 6.45) is 2.62. The fraction of sp³-hybridized carbons (Fsp3) is 0.889. The second-order valence-electron chi connectivity index (χ2n) is 3.49. The summed E-state index contributed by atoms with van der Waals surface area (Å²) in [7, 11) is 3.39. The number of hydrogen-bond acceptors (Lipinski definition) is 2. The van der Waals surface area contributed by atoms with Crippen molar-refractivity contribution in [3.05, 3.63) is 0 Å². The number of rotatable bonds is 5. The number of amides is 2. The third-order valence-electron chi connectivity index (χ3n) is 2.18. The molecule has 2 amide bonds. The lowest BCUT2D eigenvalue weighted by atomic mass is 10.5. The van der Waals surface area contributed by atoms with Crippen LogP contribution >= 0.6 is 0 Å². The molecule has 1 N–H and O–H groups in total. The molecule has 0 aromatic carbocycles. The van der Waals surface area contributed by atoms with Gasteiger partial charge in [0.1, 0.15) is 0 Å². The molecule has 0 aromatic rings. The molecule has 1 saturated carbocycles. The van der Waals surface area contributed by atoms with Gasteiger partial charge in [-0.25, -0.2) is 4.79 Å². The summed E-state index contributed by atoms with van der Waals surface area (Å²) in [5, 5.41) is 2.56. The van der Waals surface area contributed by atoms with E-state index >= 15 is 0 Å². The van der Waals surface area contributed by atoms with E-state index in [0.717, 1.165) is 12.5 Å². The molecule has 0 spiro atoms. The van der Waals surface area contributed by atoms with Crippen LogP contribution in [0.1, 0.15) is 12.8 Å². The van der Waals surface area contributed by atoms with Gasteiger partial charge in [-0.1, -0.05) is 0 Å². The Morgan fingerprint density at radius 3 is 2.85 bits per heavy atom. The number of carbonyl (C=O) groups excluding carboxylic acids is 1. The van der Waals surface area contributed by atoms with Crippen molar-refractivity contribution >= 4 is 6.03 Å². The number of carbonyl (C=O) groups is 1. The highest BCUT2D eigenvalue weighted by Gasteiger charge is 2.21. The quantitative estimate of drug-likeness (QED) is 0.642. The van der Waals surface area contributed by atoms with E-state index < -0.39 is 0 Å². The molecule has 0 bridgehead atoms. The zero-order valence-corrected chi connectivity index (χ0v) is 8.38. The fourth-order valence-electron chi connectivity index (χ4n) is 1.03. The molecule has 4 heteroatoms. The molecule has 0 aromatic heterocycles. The van der Waals surface area contributed by atoms with Gasteiger partial charge in [-0.3, -0.25) is 0 Å². The molecule has 0 heterocycles. The van der Waals surface area contributed by atoms with Crippen LogP contribution in [0.5, 0.6) is 0 Å². The van der Waals surface area contributed by atoms with Crippen molar-refractivity contribution < 1.29 is 9.53 Å². The van der Waals surface area contributed by atoms with E-state index in [1.807, 2.05) is 0 Å². The van der Waals surface area contributed by atoms with Crippen LogP contribution in [0.3, 0.4) is 0 Å². The van der Waals surface area contributed by atoms with Crippen molar-refractivity contribution in [2.75, 3.05) is 33.9 Å². The Morgan fingerprint density at radius 1 is 1.62 bits per heavy atom. The maximum Gasteiger partial charge on any atom is 0.316 e. The van der Waals surface area contributed by atoms with Gasteiger partial charge in [0.2, 0.25) is 0 Å². The third kappa shape index (κ3) is 4.12. The van der Waals surface area contributed by atoms with Crippen molar-refractivity contribution in [2.45, 2.75) is 12.8 Å². The Balaban J connectivity index is 1.93. The number of nitrogens with one attached hydrogen (secondary N) is 1. The summed E-state index contributed by atoms with van der Waals surface area (Å²) in [4.78, 5) is 12.6. The monoisotopic (exact) mass is 186 g/mol. The summed E-state index contributed by atoms with van der Waals surface area (Å²) in [6.45, 7) is 2.16. The van der Waals surface area contributed by atoms with E-state index in [2.05, 4.69) is 5.32 Å². The summed E-state index contributed by atoms with van der Waals surface area (Å²) in [5.74, 6) is 0.797. The largest absolute Gasteiger partial charge is 0.379 e. The minimum absolute atomic E-state index is 0.0602. The van der Waals surface area contributed by atoms with Gasteiger partial charge < -0.3 is 15.0 Å². The van der Waals surface area contributed by atoms with Gasteiger partial charge in [0.15, 0.2) is 0 Å². The minimum atomic E-state index is -0.0602. The Morgan fingerprint density at radius 2 is 2.31 bits per heavy atom. The first-order valence-electron chi connectivity index (χ1n) is 4.74. The maximum absolute atomic E-state index is 11.0. The van der Waals surface area contributed by atoms with Crippen molar-refractivity contribution in [3.8, 4) is 0 Å². The zero-order chi connectivity index (χ0) is 9.68. The smallest absolute Gasteiger partial charge is 0.316 e. The first kappa shape index (κ1) is 10.3. The Hall–Kier alpha value is -0.770. The predicted molar refractivity (Wildman–Crippen MR) is 50.6 cm³/mol. The highest BCUT2D eigenvalue weighted by Crippen LogP contribution is 2.28. The van der Waals surface area contributed by atoms with Crippen LogP contribution in [0.15, 0.2) is 0 Å². The fourth-order valence-corrected chi connectivity index (χ4v) is 1.03. The molecule has 1 rings (SSSR count). The van der Waals surface area contributed by atoms with E-state index in [1.54, 1.807) is 19.0 Å². The van der Waals surface area contributed by atoms with Gasteiger partial charge in [-0.2, -0.15) is 0 Å². The number of ether oxygens (including phenoxy) is 1. The van der Waals surface area contributed by atoms with Gasteiger partial charge in [0.25, 0.3) is 0 Å². The summed E-state index contributed by atoms with van der Waals surface area (Å²) in [5.41, 5.74) is 0. The van der Waals surface area contributed by atoms with E-state index in [9.17, 15) is 4.79 Å². The van der Waals surface area contributed by atoms with Crippen molar-refractivity contribution in [2.24, 2.45) is 5.92 Å². The number of urea groups is 1. The number of hydrogen-bond donors (Lipinski definition) is 1. The van der Waals surface area contributed by atoms with Crippen LogP contribution in [0.4, 0.5) is 4.79 Å². The molecule has 1 fully saturated rings. The number of nitrogens with zero attached hydrogens (tertiary/aromatic N) is 1. The lowest BCUT2D eigenvalue weighted by Crippen LogP contribution is -2.37. The molecule has 0 unspecified atom stereocenters. The highest BCUT2D eigenvalue weighted by molar-refractivity contribution is 5.73. The molecule has 0 saturated heterocycles. The molecule has 0 atom stereocenters. The average molecular weight is 186 g/mol. The normalized spacial score (nSPS) is 15.5. The van der Waals surface area contributed by atoms with Gasteiger partial charge >= 0.3 is 6.03 Å². The lowest BCUT2D eigenvalue weighted by molar-refractivity contribution is 0.108. The van der Waals surface area contributed by atoms with Gasteiger partial charge in [-0.05, 0) is 18.8 Å². The van der Waals surface area contributed by atoms with Crippen molar-refractivity contribution in [3.63, 3.8) is 0 Å². The standard InChI is InChI=1S/C9H18N2O2/c1-10-9(12)11(2)5-6-13-7-8-3-4-8/h8H,3-7H2,1-2H3,(H,10,12). The van der Waals surface area contributed by atoms with Crippen LogP contribution < -0.4 is 5.32 Å². The SMILES string of the molecule is CNC(=O)N(C)CCOCC1CC1. The van der Waals surface area contributed by atoms with Crippen LogP contribution in [-0.4, -0.2) is 44.8 Å². The molecule has 13 heavy (non-hydrogen) atoms. The third-order valence-corrected chi connectivity index (χ3v) is 2.18. The van der Waals surface area contributed by atoms with Crippen LogP contribution in [0.25, 0.3) is 0 Å². The lowest BCUT2D eigenvalue weighted by Gasteiger charge is -2.15. The Kier molecular flexibility index (Phi) is 4.02. The minimum Gasteiger partial charge on any atom is -0.379 e. The van der Waals surface area contributed by atoms with E-state index in [-0.39, 0.29) is 6.03 Å². The van der Waals surface area contributed by atoms with E-state index in [0.29, 0.717) is 13.2 Å². The Labute approximate surface area is 79.2 Å². The molecule has 4 nitrogen and oxygen atoms in total. The highest BCUT2D eigenvalue weighted by atomic mass is 16.5. The molecule has 0 radical (unpaired) electrons. The van der Waals surface area contributed by atoms with Crippen molar-refractivity contribution in [1.29, 1.82) is 0 Å². The topological polar surface area (TPSA) is 41.6 Å². The van der Waals surface area contributed by atoms with Gasteiger partial charge in [0.05, 0.1) is 6.61 Å². The van der Waals surface area contributed by atoms with E-state index in [4.69, 9.17) is 4.74 Å². The molecular weight excluding hydrogens is 168 g/mol. The van der Waals surface area contributed by atoms with Crippen molar-refractivity contribution in [1.82, 2.24) is 10.2 Å². The molecule has 1 aliphatic rings. The molecule has 1 aliphatic carbocycles. The maximum atomic E-state index is 11.0. The summed E-state index contributed by atoms with van der Waals surface area (Å²) in [6, 6.07) is -0.0602.